The van der Waals surface area contributed by atoms with Crippen LogP contribution in [0.3, 0.4) is 0 Å². The van der Waals surface area contributed by atoms with Crippen molar-refractivity contribution < 1.29 is 28.6 Å². The summed E-state index contributed by atoms with van der Waals surface area (Å²) in [5.41, 5.74) is 1.29. The van der Waals surface area contributed by atoms with Crippen molar-refractivity contribution in [3.8, 4) is 5.75 Å². The Balaban J connectivity index is 2.28. The van der Waals surface area contributed by atoms with E-state index in [-0.39, 0.29) is 28.7 Å². The topological polar surface area (TPSA) is 90.9 Å². The Labute approximate surface area is 179 Å². The van der Waals surface area contributed by atoms with Crippen molar-refractivity contribution in [1.29, 1.82) is 0 Å². The lowest BCUT2D eigenvalue weighted by atomic mass is 10.1. The lowest BCUT2D eigenvalue weighted by Gasteiger charge is -2.05. The Hall–Kier alpha value is -3.39. The van der Waals surface area contributed by atoms with Crippen LogP contribution in [-0.2, 0) is 14.3 Å². The summed E-state index contributed by atoms with van der Waals surface area (Å²) in [6, 6.07) is 7.19. The zero-order valence-corrected chi connectivity index (χ0v) is 17.8. The van der Waals surface area contributed by atoms with Gasteiger partial charge in [-0.3, -0.25) is 4.79 Å². The predicted octanol–water partition coefficient (Wildman–Crippen LogP) is 4.24. The lowest BCUT2D eigenvalue weighted by Crippen LogP contribution is -2.13. The number of carbonyl (C=O) groups excluding carboxylic acids is 3. The number of amides is 1. The smallest absolute Gasteiger partial charge is 0.348 e. The quantitative estimate of drug-likeness (QED) is 0.364. The molecule has 0 aliphatic heterocycles. The minimum Gasteiger partial charge on any atom is -0.497 e. The SMILES string of the molecule is C=CCOC(=O)c1sc(NC(=O)/C=C/c2cccc(OC)c2)c(C(=O)OCC)c1C. The fourth-order valence-electron chi connectivity index (χ4n) is 2.52. The first-order valence-corrected chi connectivity index (χ1v) is 9.94. The molecule has 30 heavy (non-hydrogen) atoms. The molecule has 2 aromatic rings. The maximum atomic E-state index is 12.4. The van der Waals surface area contributed by atoms with Crippen LogP contribution < -0.4 is 10.1 Å². The normalized spacial score (nSPS) is 10.5. The molecule has 0 fully saturated rings. The molecule has 1 N–H and O–H groups in total. The van der Waals surface area contributed by atoms with Crippen molar-refractivity contribution in [2.75, 3.05) is 25.6 Å². The van der Waals surface area contributed by atoms with Gasteiger partial charge in [-0.05, 0) is 43.2 Å². The molecule has 0 unspecified atom stereocenters. The van der Waals surface area contributed by atoms with Crippen LogP contribution in [0.4, 0.5) is 5.00 Å². The van der Waals surface area contributed by atoms with Gasteiger partial charge in [0.2, 0.25) is 5.91 Å². The van der Waals surface area contributed by atoms with Crippen molar-refractivity contribution in [3.63, 3.8) is 0 Å². The van der Waals surface area contributed by atoms with Crippen LogP contribution in [-0.4, -0.2) is 38.2 Å². The van der Waals surface area contributed by atoms with E-state index >= 15 is 0 Å². The van der Waals surface area contributed by atoms with Crippen LogP contribution >= 0.6 is 11.3 Å². The number of methoxy groups -OCH3 is 1. The highest BCUT2D eigenvalue weighted by atomic mass is 32.1. The number of nitrogens with one attached hydrogen (secondary N) is 1. The van der Waals surface area contributed by atoms with E-state index in [9.17, 15) is 14.4 Å². The summed E-state index contributed by atoms with van der Waals surface area (Å²) in [6.45, 7) is 6.98. The molecule has 2 rings (SSSR count). The number of hydrogen-bond acceptors (Lipinski definition) is 7. The summed E-state index contributed by atoms with van der Waals surface area (Å²) in [7, 11) is 1.56. The number of esters is 2. The first kappa shape index (κ1) is 22.9. The molecule has 0 saturated heterocycles. The molecular weight excluding hydrogens is 406 g/mol. The van der Waals surface area contributed by atoms with Gasteiger partial charge in [-0.2, -0.15) is 0 Å². The molecule has 0 aliphatic carbocycles. The highest BCUT2D eigenvalue weighted by Gasteiger charge is 2.27. The first-order chi connectivity index (χ1) is 14.4. The van der Waals surface area contributed by atoms with Gasteiger partial charge in [0, 0.05) is 6.08 Å². The van der Waals surface area contributed by atoms with E-state index in [4.69, 9.17) is 14.2 Å². The molecule has 0 spiro atoms. The third kappa shape index (κ3) is 5.81. The maximum Gasteiger partial charge on any atom is 0.348 e. The number of carbonyl (C=O) groups is 3. The van der Waals surface area contributed by atoms with E-state index < -0.39 is 17.8 Å². The Bertz CT molecular complexity index is 976. The largest absolute Gasteiger partial charge is 0.497 e. The molecule has 0 radical (unpaired) electrons. The Kier molecular flexibility index (Phi) is 8.37. The summed E-state index contributed by atoms with van der Waals surface area (Å²) in [5.74, 6) is -1.02. The Morgan fingerprint density at radius 3 is 2.63 bits per heavy atom. The molecule has 158 valence electrons. The van der Waals surface area contributed by atoms with Crippen molar-refractivity contribution in [3.05, 3.63) is 64.6 Å². The number of thiophene rings is 1. The highest BCUT2D eigenvalue weighted by molar-refractivity contribution is 7.18. The molecule has 0 saturated carbocycles. The van der Waals surface area contributed by atoms with Crippen molar-refractivity contribution in [1.82, 2.24) is 0 Å². The fraction of sp³-hybridized carbons (Fsp3) is 0.227. The van der Waals surface area contributed by atoms with Gasteiger partial charge in [-0.15, -0.1) is 11.3 Å². The lowest BCUT2D eigenvalue weighted by molar-refractivity contribution is -0.111. The molecule has 0 aliphatic rings. The second-order valence-corrected chi connectivity index (χ2v) is 6.99. The molecule has 0 bridgehead atoms. The Morgan fingerprint density at radius 1 is 1.20 bits per heavy atom. The van der Waals surface area contributed by atoms with E-state index in [1.807, 2.05) is 6.07 Å². The molecule has 1 aromatic carbocycles. The minimum absolute atomic E-state index is 0.0376. The van der Waals surface area contributed by atoms with E-state index in [0.717, 1.165) is 16.9 Å². The number of ether oxygens (including phenoxy) is 3. The average Bonchev–Trinajstić information content (AvgIpc) is 3.06. The van der Waals surface area contributed by atoms with Gasteiger partial charge in [0.15, 0.2) is 0 Å². The highest BCUT2D eigenvalue weighted by Crippen LogP contribution is 2.34. The van der Waals surface area contributed by atoms with Gasteiger partial charge >= 0.3 is 11.9 Å². The number of rotatable bonds is 9. The first-order valence-electron chi connectivity index (χ1n) is 9.12. The summed E-state index contributed by atoms with van der Waals surface area (Å²) in [5, 5.41) is 2.87. The van der Waals surface area contributed by atoms with E-state index in [1.165, 1.54) is 12.2 Å². The van der Waals surface area contributed by atoms with Crippen molar-refractivity contribution in [2.45, 2.75) is 13.8 Å². The van der Waals surface area contributed by atoms with Crippen LogP contribution in [0.1, 0.15) is 38.1 Å². The van der Waals surface area contributed by atoms with Gasteiger partial charge in [0.25, 0.3) is 0 Å². The molecule has 0 atom stereocenters. The average molecular weight is 429 g/mol. The summed E-state index contributed by atoms with van der Waals surface area (Å²) in [4.78, 5) is 37.3. The number of anilines is 1. The van der Waals surface area contributed by atoms with Crippen LogP contribution in [0.25, 0.3) is 6.08 Å². The van der Waals surface area contributed by atoms with E-state index in [0.29, 0.717) is 11.3 Å². The van der Waals surface area contributed by atoms with Gasteiger partial charge in [0.1, 0.15) is 22.2 Å². The molecule has 1 aromatic heterocycles. The van der Waals surface area contributed by atoms with Crippen LogP contribution in [0.5, 0.6) is 5.75 Å². The minimum atomic E-state index is -0.624. The van der Waals surface area contributed by atoms with Crippen molar-refractivity contribution >= 4 is 40.3 Å². The molecule has 1 amide bonds. The molecule has 1 heterocycles. The Morgan fingerprint density at radius 2 is 1.97 bits per heavy atom. The van der Waals surface area contributed by atoms with Crippen LogP contribution in [0.2, 0.25) is 0 Å². The molecule has 7 nitrogen and oxygen atoms in total. The van der Waals surface area contributed by atoms with Gasteiger partial charge in [-0.25, -0.2) is 9.59 Å². The predicted molar refractivity (Wildman–Crippen MR) is 116 cm³/mol. The van der Waals surface area contributed by atoms with E-state index in [2.05, 4.69) is 11.9 Å². The fourth-order valence-corrected chi connectivity index (χ4v) is 3.61. The van der Waals surface area contributed by atoms with E-state index in [1.54, 1.807) is 45.2 Å². The summed E-state index contributed by atoms with van der Waals surface area (Å²) >= 11 is 0.959. The monoisotopic (exact) mass is 429 g/mol. The van der Waals surface area contributed by atoms with Gasteiger partial charge < -0.3 is 19.5 Å². The standard InChI is InChI=1S/C22H23NO6S/c1-5-12-29-22(26)19-14(3)18(21(25)28-6-2)20(30-19)23-17(24)11-10-15-8-7-9-16(13-15)27-4/h5,7-11,13H,1,6,12H2,2-4H3,(H,23,24)/b11-10+. The third-order valence-corrected chi connectivity index (χ3v) is 5.09. The zero-order chi connectivity index (χ0) is 22.1. The molecular formula is C22H23NO6S. The van der Waals surface area contributed by atoms with Crippen LogP contribution in [0, 0.1) is 6.92 Å². The summed E-state index contributed by atoms with van der Waals surface area (Å²) < 4.78 is 15.3. The summed E-state index contributed by atoms with van der Waals surface area (Å²) in [6.07, 6.45) is 4.38. The second kappa shape index (κ2) is 11.0. The molecule has 8 heteroatoms. The van der Waals surface area contributed by atoms with Crippen LogP contribution in [0.15, 0.2) is 43.0 Å². The zero-order valence-electron chi connectivity index (χ0n) is 17.0. The number of hydrogen-bond donors (Lipinski definition) is 1. The second-order valence-electron chi connectivity index (χ2n) is 5.97. The third-order valence-electron chi connectivity index (χ3n) is 3.90. The van der Waals surface area contributed by atoms with Gasteiger partial charge in [-0.1, -0.05) is 24.8 Å². The number of benzene rings is 1. The maximum absolute atomic E-state index is 12.4. The van der Waals surface area contributed by atoms with Gasteiger partial charge in [0.05, 0.1) is 19.3 Å². The van der Waals surface area contributed by atoms with Crippen molar-refractivity contribution in [2.24, 2.45) is 0 Å².